The second kappa shape index (κ2) is 3.33. The molecule has 0 N–H and O–H groups in total. The van der Waals surface area contributed by atoms with Crippen LogP contribution in [0.15, 0.2) is 23.9 Å². The number of pyridine rings is 1. The molecule has 1 aromatic heterocycles. The third kappa shape index (κ3) is 1.51. The Hall–Kier alpha value is -1.11. The van der Waals surface area contributed by atoms with Gasteiger partial charge in [0.25, 0.3) is 0 Å². The summed E-state index contributed by atoms with van der Waals surface area (Å²) in [6, 6.07) is 4.23. The van der Waals surface area contributed by atoms with Gasteiger partial charge in [-0.25, -0.2) is 0 Å². The topological polar surface area (TPSA) is 12.9 Å². The molecule has 0 fully saturated rings. The molecule has 0 atom stereocenters. The van der Waals surface area contributed by atoms with Crippen molar-refractivity contribution in [3.05, 3.63) is 35.2 Å². The SMILES string of the molecule is CC(C)=C1CCCc2cccnc21. The van der Waals surface area contributed by atoms with Gasteiger partial charge in [0.2, 0.25) is 0 Å². The largest absolute Gasteiger partial charge is 0.256 e. The van der Waals surface area contributed by atoms with Crippen LogP contribution < -0.4 is 0 Å². The maximum absolute atomic E-state index is 4.46. The summed E-state index contributed by atoms with van der Waals surface area (Å²) in [6.07, 6.45) is 5.57. The van der Waals surface area contributed by atoms with E-state index in [9.17, 15) is 0 Å². The van der Waals surface area contributed by atoms with E-state index in [2.05, 4.69) is 24.9 Å². The smallest absolute Gasteiger partial charge is 0.0692 e. The van der Waals surface area contributed by atoms with E-state index in [4.69, 9.17) is 0 Å². The Kier molecular flexibility index (Phi) is 2.17. The van der Waals surface area contributed by atoms with Gasteiger partial charge >= 0.3 is 0 Å². The van der Waals surface area contributed by atoms with Gasteiger partial charge in [-0.3, -0.25) is 4.98 Å². The molecule has 0 saturated carbocycles. The van der Waals surface area contributed by atoms with Crippen molar-refractivity contribution in [2.75, 3.05) is 0 Å². The molecule has 1 nitrogen and oxygen atoms in total. The Bertz CT molecular complexity index is 346. The second-order valence-electron chi connectivity index (χ2n) is 3.84. The minimum atomic E-state index is 1.19. The molecule has 13 heavy (non-hydrogen) atoms. The molecule has 1 heteroatoms. The highest BCUT2D eigenvalue weighted by atomic mass is 14.7. The Balaban J connectivity index is 2.55. The van der Waals surface area contributed by atoms with E-state index in [1.807, 2.05) is 12.3 Å². The highest BCUT2D eigenvalue weighted by Crippen LogP contribution is 2.30. The van der Waals surface area contributed by atoms with E-state index in [1.165, 1.54) is 41.7 Å². The van der Waals surface area contributed by atoms with Gasteiger partial charge in [0, 0.05) is 6.20 Å². The molecule has 0 saturated heterocycles. The summed E-state index contributed by atoms with van der Waals surface area (Å²) in [7, 11) is 0. The predicted octanol–water partition coefficient (Wildman–Crippen LogP) is 3.21. The molecule has 1 heterocycles. The first-order chi connectivity index (χ1) is 6.29. The second-order valence-corrected chi connectivity index (χ2v) is 3.84. The van der Waals surface area contributed by atoms with E-state index in [-0.39, 0.29) is 0 Å². The Morgan fingerprint density at radius 3 is 2.92 bits per heavy atom. The molecule has 0 spiro atoms. The van der Waals surface area contributed by atoms with Crippen LogP contribution in [-0.4, -0.2) is 4.98 Å². The van der Waals surface area contributed by atoms with Crippen LogP contribution in [-0.2, 0) is 6.42 Å². The minimum absolute atomic E-state index is 1.19. The number of hydrogen-bond donors (Lipinski definition) is 0. The fourth-order valence-electron chi connectivity index (χ4n) is 1.97. The first-order valence-electron chi connectivity index (χ1n) is 4.89. The molecule has 0 radical (unpaired) electrons. The van der Waals surface area contributed by atoms with Crippen LogP contribution in [0.2, 0.25) is 0 Å². The predicted molar refractivity (Wildman–Crippen MR) is 55.4 cm³/mol. The summed E-state index contributed by atoms with van der Waals surface area (Å²) in [6.45, 7) is 4.36. The molecular weight excluding hydrogens is 158 g/mol. The molecule has 0 aliphatic heterocycles. The molecule has 0 aromatic carbocycles. The normalized spacial score (nSPS) is 15.4. The number of fused-ring (bicyclic) bond motifs is 1. The van der Waals surface area contributed by atoms with Crippen LogP contribution in [0.3, 0.4) is 0 Å². The number of nitrogens with zero attached hydrogens (tertiary/aromatic N) is 1. The molecule has 68 valence electrons. The van der Waals surface area contributed by atoms with E-state index in [0.717, 1.165) is 0 Å². The van der Waals surface area contributed by atoms with Crippen molar-refractivity contribution >= 4 is 5.57 Å². The number of hydrogen-bond acceptors (Lipinski definition) is 1. The lowest BCUT2D eigenvalue weighted by Crippen LogP contribution is -2.04. The molecule has 2 rings (SSSR count). The zero-order valence-electron chi connectivity index (χ0n) is 8.30. The number of rotatable bonds is 0. The van der Waals surface area contributed by atoms with Crippen LogP contribution in [0.1, 0.15) is 37.9 Å². The minimum Gasteiger partial charge on any atom is -0.256 e. The molecule has 1 aromatic rings. The Morgan fingerprint density at radius 1 is 1.31 bits per heavy atom. The fourth-order valence-corrected chi connectivity index (χ4v) is 1.97. The average Bonchev–Trinajstić information content (AvgIpc) is 2.17. The summed E-state index contributed by atoms with van der Waals surface area (Å²) in [5.41, 5.74) is 5.54. The summed E-state index contributed by atoms with van der Waals surface area (Å²) in [5.74, 6) is 0. The first-order valence-corrected chi connectivity index (χ1v) is 4.89. The number of allylic oxidation sites excluding steroid dienone is 2. The van der Waals surface area contributed by atoms with Crippen molar-refractivity contribution in [2.24, 2.45) is 0 Å². The van der Waals surface area contributed by atoms with Crippen LogP contribution in [0, 0.1) is 0 Å². The lowest BCUT2D eigenvalue weighted by molar-refractivity contribution is 0.804. The van der Waals surface area contributed by atoms with Gasteiger partial charge in [0.1, 0.15) is 0 Å². The Morgan fingerprint density at radius 2 is 2.15 bits per heavy atom. The van der Waals surface area contributed by atoms with Crippen LogP contribution in [0.4, 0.5) is 0 Å². The summed E-state index contributed by atoms with van der Waals surface area (Å²) in [5, 5.41) is 0. The summed E-state index contributed by atoms with van der Waals surface area (Å²) in [4.78, 5) is 4.46. The van der Waals surface area contributed by atoms with Crippen LogP contribution in [0.5, 0.6) is 0 Å². The molecule has 0 bridgehead atoms. The maximum Gasteiger partial charge on any atom is 0.0692 e. The Labute approximate surface area is 79.5 Å². The zero-order chi connectivity index (χ0) is 9.26. The molecule has 1 aliphatic carbocycles. The van der Waals surface area contributed by atoms with Gasteiger partial charge in [-0.15, -0.1) is 0 Å². The van der Waals surface area contributed by atoms with Gasteiger partial charge in [0.15, 0.2) is 0 Å². The van der Waals surface area contributed by atoms with Gasteiger partial charge < -0.3 is 0 Å². The monoisotopic (exact) mass is 173 g/mol. The quantitative estimate of drug-likeness (QED) is 0.587. The van der Waals surface area contributed by atoms with Gasteiger partial charge in [-0.05, 0) is 50.3 Å². The lowest BCUT2D eigenvalue weighted by Gasteiger charge is -2.18. The summed E-state index contributed by atoms with van der Waals surface area (Å²) < 4.78 is 0. The zero-order valence-corrected chi connectivity index (χ0v) is 8.30. The standard InChI is InChI=1S/C12H15N/c1-9(2)11-7-3-5-10-6-4-8-13-12(10)11/h4,6,8H,3,5,7H2,1-2H3. The maximum atomic E-state index is 4.46. The van der Waals surface area contributed by atoms with E-state index < -0.39 is 0 Å². The molecule has 0 amide bonds. The van der Waals surface area contributed by atoms with Crippen molar-refractivity contribution < 1.29 is 0 Å². The molecule has 0 unspecified atom stereocenters. The van der Waals surface area contributed by atoms with Gasteiger partial charge in [0.05, 0.1) is 5.69 Å². The average molecular weight is 173 g/mol. The third-order valence-electron chi connectivity index (χ3n) is 2.65. The van der Waals surface area contributed by atoms with Crippen molar-refractivity contribution in [1.29, 1.82) is 0 Å². The van der Waals surface area contributed by atoms with Crippen molar-refractivity contribution in [2.45, 2.75) is 33.1 Å². The van der Waals surface area contributed by atoms with Gasteiger partial charge in [-0.1, -0.05) is 11.6 Å². The first kappa shape index (κ1) is 8.49. The van der Waals surface area contributed by atoms with Crippen LogP contribution >= 0.6 is 0 Å². The summed E-state index contributed by atoms with van der Waals surface area (Å²) >= 11 is 0. The number of aryl methyl sites for hydroxylation is 1. The third-order valence-corrected chi connectivity index (χ3v) is 2.65. The van der Waals surface area contributed by atoms with Crippen molar-refractivity contribution in [3.63, 3.8) is 0 Å². The van der Waals surface area contributed by atoms with E-state index in [1.54, 1.807) is 0 Å². The highest BCUT2D eigenvalue weighted by molar-refractivity contribution is 5.69. The highest BCUT2D eigenvalue weighted by Gasteiger charge is 2.15. The van der Waals surface area contributed by atoms with Crippen LogP contribution in [0.25, 0.3) is 5.57 Å². The van der Waals surface area contributed by atoms with E-state index in [0.29, 0.717) is 0 Å². The molecular formula is C12H15N. The van der Waals surface area contributed by atoms with Crippen molar-refractivity contribution in [3.8, 4) is 0 Å². The lowest BCUT2D eigenvalue weighted by atomic mass is 9.89. The van der Waals surface area contributed by atoms with E-state index >= 15 is 0 Å². The van der Waals surface area contributed by atoms with Crippen molar-refractivity contribution in [1.82, 2.24) is 4.98 Å². The van der Waals surface area contributed by atoms with Gasteiger partial charge in [-0.2, -0.15) is 0 Å². The molecule has 1 aliphatic rings. The fraction of sp³-hybridized carbons (Fsp3) is 0.417. The number of aromatic nitrogens is 1.